The van der Waals surface area contributed by atoms with E-state index in [1.165, 1.54) is 87.0 Å². The number of rotatable bonds is 6. The quantitative estimate of drug-likeness (QED) is 0.164. The normalized spacial score (nSPS) is 13.4. The molecule has 276 valence electrons. The van der Waals surface area contributed by atoms with Crippen molar-refractivity contribution in [2.75, 3.05) is 4.90 Å². The van der Waals surface area contributed by atoms with Gasteiger partial charge in [0.25, 0.3) is 0 Å². The zero-order chi connectivity index (χ0) is 38.2. The third-order valence-electron chi connectivity index (χ3n) is 12.2. The third kappa shape index (κ3) is 5.18. The molecule has 0 spiro atoms. The summed E-state index contributed by atoms with van der Waals surface area (Å²) in [6.45, 7) is 0. The Kier molecular flexibility index (Phi) is 7.67. The molecule has 10 aromatic rings. The molecular weight excluding hydrogens is 723 g/mol. The van der Waals surface area contributed by atoms with Crippen LogP contribution in [0.1, 0.15) is 35.4 Å². The number of benzene rings is 7. The van der Waals surface area contributed by atoms with Crippen molar-refractivity contribution in [1.82, 2.24) is 9.13 Å². The topological polar surface area (TPSA) is 13.1 Å². The highest BCUT2D eigenvalue weighted by molar-refractivity contribution is 7.26. The molecule has 7 aromatic carbocycles. The van der Waals surface area contributed by atoms with Gasteiger partial charge in [-0.15, -0.1) is 11.3 Å². The fourth-order valence-electron chi connectivity index (χ4n) is 9.65. The smallest absolute Gasteiger partial charge is 0.0539 e. The molecule has 0 atom stereocenters. The minimum Gasteiger partial charge on any atom is -0.313 e. The SMILES string of the molecule is C1=Cc2c(n(-c3ccccc3)c3ccc(N(c4ccc(-c5cccc6c5sc5ccccc56)cc4)c4ccc5c(c4)c4c(n5-c5ccccc5)CCC=C4)cc23)CC1. The van der Waals surface area contributed by atoms with E-state index < -0.39 is 0 Å². The Balaban J connectivity index is 1.05. The second-order valence-electron chi connectivity index (χ2n) is 15.5. The minimum atomic E-state index is 1.02. The molecule has 0 saturated carbocycles. The summed E-state index contributed by atoms with van der Waals surface area (Å²) in [5, 5.41) is 5.21. The van der Waals surface area contributed by atoms with Gasteiger partial charge in [0, 0.05) is 81.9 Å². The Hall–Kier alpha value is -6.88. The van der Waals surface area contributed by atoms with Crippen LogP contribution in [-0.2, 0) is 12.8 Å². The predicted molar refractivity (Wildman–Crippen MR) is 248 cm³/mol. The van der Waals surface area contributed by atoms with Gasteiger partial charge in [0.2, 0.25) is 0 Å². The zero-order valence-electron chi connectivity index (χ0n) is 32.0. The molecule has 2 aliphatic rings. The molecule has 2 aliphatic carbocycles. The molecule has 0 unspecified atom stereocenters. The van der Waals surface area contributed by atoms with Crippen molar-refractivity contribution < 1.29 is 0 Å². The average molecular weight is 762 g/mol. The van der Waals surface area contributed by atoms with Crippen LogP contribution in [0.25, 0.3) is 76.6 Å². The van der Waals surface area contributed by atoms with E-state index in [4.69, 9.17) is 0 Å². The van der Waals surface area contributed by atoms with Crippen LogP contribution in [0.15, 0.2) is 176 Å². The van der Waals surface area contributed by atoms with Crippen molar-refractivity contribution in [3.63, 3.8) is 0 Å². The average Bonchev–Trinajstić information content (AvgIpc) is 3.95. The Morgan fingerprint density at radius 3 is 1.59 bits per heavy atom. The van der Waals surface area contributed by atoms with Gasteiger partial charge in [0.05, 0.1) is 11.0 Å². The second kappa shape index (κ2) is 13.4. The van der Waals surface area contributed by atoms with E-state index in [1.54, 1.807) is 0 Å². The number of anilines is 3. The van der Waals surface area contributed by atoms with Crippen molar-refractivity contribution >= 4 is 82.5 Å². The molecular formula is C54H39N3S. The number of hydrogen-bond acceptors (Lipinski definition) is 2. The highest BCUT2D eigenvalue weighted by atomic mass is 32.1. The Morgan fingerprint density at radius 1 is 0.448 bits per heavy atom. The molecule has 3 aromatic heterocycles. The maximum absolute atomic E-state index is 2.47. The highest BCUT2D eigenvalue weighted by Gasteiger charge is 2.24. The summed E-state index contributed by atoms with van der Waals surface area (Å²) in [6, 6.07) is 60.6. The van der Waals surface area contributed by atoms with Crippen molar-refractivity contribution in [1.29, 1.82) is 0 Å². The molecule has 0 saturated heterocycles. The standard InChI is InChI=1S/C54H39N3S/c1-3-14-37(15-4-1)56-49-23-10-7-18-43(49)47-34-40(30-32-51(47)56)55(39-28-26-36(27-29-39)42-21-13-22-46-45-20-9-12-25-53(45)58-54(42)46)41-31-33-52-48(35-41)44-19-8-11-24-50(44)57(52)38-16-5-2-6-17-38/h1-9,12-22,25-35H,10-11,23-24H2. The summed E-state index contributed by atoms with van der Waals surface area (Å²) in [5.74, 6) is 0. The largest absolute Gasteiger partial charge is 0.313 e. The zero-order valence-corrected chi connectivity index (χ0v) is 32.8. The predicted octanol–water partition coefficient (Wildman–Crippen LogP) is 15.0. The first-order valence-electron chi connectivity index (χ1n) is 20.4. The van der Waals surface area contributed by atoms with Gasteiger partial charge in [-0.25, -0.2) is 0 Å². The second-order valence-corrected chi connectivity index (χ2v) is 16.6. The number of hydrogen-bond donors (Lipinski definition) is 0. The van der Waals surface area contributed by atoms with E-state index in [-0.39, 0.29) is 0 Å². The molecule has 0 aliphatic heterocycles. The fourth-order valence-corrected chi connectivity index (χ4v) is 10.9. The first-order valence-corrected chi connectivity index (χ1v) is 21.2. The molecule has 0 N–H and O–H groups in total. The molecule has 0 bridgehead atoms. The van der Waals surface area contributed by atoms with Gasteiger partial charge in [0.15, 0.2) is 0 Å². The molecule has 4 heteroatoms. The lowest BCUT2D eigenvalue weighted by Crippen LogP contribution is -2.10. The van der Waals surface area contributed by atoms with Crippen molar-refractivity contribution in [2.45, 2.75) is 25.7 Å². The van der Waals surface area contributed by atoms with Crippen LogP contribution in [-0.4, -0.2) is 9.13 Å². The third-order valence-corrected chi connectivity index (χ3v) is 13.5. The Bertz CT molecular complexity index is 3120. The van der Waals surface area contributed by atoms with Crippen LogP contribution < -0.4 is 4.90 Å². The summed E-state index contributed by atoms with van der Waals surface area (Å²) in [4.78, 5) is 2.46. The van der Waals surface area contributed by atoms with E-state index in [2.05, 4.69) is 202 Å². The van der Waals surface area contributed by atoms with Gasteiger partial charge in [-0.2, -0.15) is 0 Å². The highest BCUT2D eigenvalue weighted by Crippen LogP contribution is 2.45. The molecule has 58 heavy (non-hydrogen) atoms. The van der Waals surface area contributed by atoms with E-state index in [0.717, 1.165) is 42.7 Å². The first-order chi connectivity index (χ1) is 28.8. The van der Waals surface area contributed by atoms with Crippen LogP contribution in [0.5, 0.6) is 0 Å². The molecule has 3 heterocycles. The van der Waals surface area contributed by atoms with Gasteiger partial charge >= 0.3 is 0 Å². The van der Waals surface area contributed by atoms with Gasteiger partial charge in [0.1, 0.15) is 0 Å². The van der Waals surface area contributed by atoms with E-state index in [9.17, 15) is 0 Å². The van der Waals surface area contributed by atoms with E-state index >= 15 is 0 Å². The molecule has 12 rings (SSSR count). The van der Waals surface area contributed by atoms with Gasteiger partial charge < -0.3 is 14.0 Å². The van der Waals surface area contributed by atoms with Crippen LogP contribution in [0.3, 0.4) is 0 Å². The van der Waals surface area contributed by atoms with Crippen LogP contribution >= 0.6 is 11.3 Å². The molecule has 3 nitrogen and oxygen atoms in total. The number of allylic oxidation sites excluding steroid dienone is 2. The van der Waals surface area contributed by atoms with Gasteiger partial charge in [-0.3, -0.25) is 0 Å². The van der Waals surface area contributed by atoms with E-state index in [1.807, 2.05) is 11.3 Å². The lowest BCUT2D eigenvalue weighted by Gasteiger charge is -2.26. The van der Waals surface area contributed by atoms with E-state index in [0.29, 0.717) is 0 Å². The number of fused-ring (bicyclic) bond motifs is 9. The summed E-state index contributed by atoms with van der Waals surface area (Å²) < 4.78 is 7.62. The lowest BCUT2D eigenvalue weighted by molar-refractivity contribution is 0.888. The number of aromatic nitrogens is 2. The maximum atomic E-state index is 2.47. The number of nitrogens with zero attached hydrogens (tertiary/aromatic N) is 3. The van der Waals surface area contributed by atoms with Crippen LogP contribution in [0.4, 0.5) is 17.1 Å². The Labute approximate surface area is 341 Å². The van der Waals surface area contributed by atoms with Crippen LogP contribution in [0.2, 0.25) is 0 Å². The number of thiophene rings is 1. The van der Waals surface area contributed by atoms with Crippen molar-refractivity contribution in [3.05, 3.63) is 198 Å². The molecule has 0 radical (unpaired) electrons. The van der Waals surface area contributed by atoms with Crippen molar-refractivity contribution in [2.24, 2.45) is 0 Å². The maximum Gasteiger partial charge on any atom is 0.0539 e. The summed E-state index contributed by atoms with van der Waals surface area (Å²) >= 11 is 1.89. The summed E-state index contributed by atoms with van der Waals surface area (Å²) in [6.07, 6.45) is 13.5. The first kappa shape index (κ1) is 33.3. The lowest BCUT2D eigenvalue weighted by atomic mass is 10.0. The minimum absolute atomic E-state index is 1.02. The van der Waals surface area contributed by atoms with Gasteiger partial charge in [-0.05, 0) is 116 Å². The summed E-state index contributed by atoms with van der Waals surface area (Å²) in [7, 11) is 0. The molecule has 0 amide bonds. The Morgan fingerprint density at radius 2 is 0.983 bits per heavy atom. The summed E-state index contributed by atoms with van der Waals surface area (Å²) in [5.41, 5.74) is 16.3. The van der Waals surface area contributed by atoms with Gasteiger partial charge in [-0.1, -0.05) is 109 Å². The monoisotopic (exact) mass is 761 g/mol. The fraction of sp³-hybridized carbons (Fsp3) is 0.0741. The van der Waals surface area contributed by atoms with Crippen LogP contribution in [0, 0.1) is 0 Å². The number of para-hydroxylation sites is 2. The van der Waals surface area contributed by atoms with Crippen molar-refractivity contribution in [3.8, 4) is 22.5 Å². The molecule has 0 fully saturated rings.